The monoisotopic (exact) mass is 418 g/mol. The molecule has 1 heterocycles. The standard InChI is InChI=1S/C21H22O7S/c22-19(23)13-26-18-8-4-7-15-20-16(27-21(15)18)9-10-17(20)28-29(24,25)12-11-14-5-2-1-3-6-14/h1-8,16-17,20H,9-13H2,(H,22,23). The third kappa shape index (κ3) is 4.38. The molecule has 3 atom stereocenters. The zero-order chi connectivity index (χ0) is 20.4. The molecule has 2 aliphatic rings. The molecule has 1 N–H and O–H groups in total. The van der Waals surface area contributed by atoms with Gasteiger partial charge in [-0.15, -0.1) is 0 Å². The molecule has 7 nitrogen and oxygen atoms in total. The van der Waals surface area contributed by atoms with Crippen LogP contribution in [-0.4, -0.2) is 44.1 Å². The number of aliphatic carboxylic acids is 1. The fourth-order valence-electron chi connectivity index (χ4n) is 4.02. The van der Waals surface area contributed by atoms with Crippen molar-refractivity contribution < 1.29 is 32.0 Å². The molecule has 154 valence electrons. The zero-order valence-electron chi connectivity index (χ0n) is 15.7. The number of fused-ring (bicyclic) bond motifs is 3. The van der Waals surface area contributed by atoms with Crippen LogP contribution in [0.15, 0.2) is 48.5 Å². The van der Waals surface area contributed by atoms with E-state index in [-0.39, 0.29) is 17.8 Å². The number of ether oxygens (including phenoxy) is 2. The summed E-state index contributed by atoms with van der Waals surface area (Å²) in [5, 5.41) is 8.83. The van der Waals surface area contributed by atoms with Gasteiger partial charge in [-0.2, -0.15) is 8.42 Å². The summed E-state index contributed by atoms with van der Waals surface area (Å²) in [5.41, 5.74) is 1.75. The van der Waals surface area contributed by atoms with Crippen molar-refractivity contribution >= 4 is 16.1 Å². The number of hydrogen-bond acceptors (Lipinski definition) is 6. The molecule has 1 fully saturated rings. The lowest BCUT2D eigenvalue weighted by Gasteiger charge is -2.18. The smallest absolute Gasteiger partial charge is 0.341 e. The Morgan fingerprint density at radius 1 is 1.10 bits per heavy atom. The summed E-state index contributed by atoms with van der Waals surface area (Å²) in [5.74, 6) is -0.541. The Bertz CT molecular complexity index is 987. The third-order valence-corrected chi connectivity index (χ3v) is 6.52. The highest BCUT2D eigenvalue weighted by Crippen LogP contribution is 2.51. The second-order valence-electron chi connectivity index (χ2n) is 7.25. The molecular formula is C21H22O7S. The minimum Gasteiger partial charge on any atom is -0.485 e. The van der Waals surface area contributed by atoms with Gasteiger partial charge in [0.1, 0.15) is 6.10 Å². The van der Waals surface area contributed by atoms with E-state index in [0.717, 1.165) is 11.1 Å². The van der Waals surface area contributed by atoms with Crippen molar-refractivity contribution in [3.63, 3.8) is 0 Å². The normalized spacial score (nSPS) is 22.6. The first-order chi connectivity index (χ1) is 13.9. The first kappa shape index (κ1) is 19.7. The van der Waals surface area contributed by atoms with Gasteiger partial charge in [-0.3, -0.25) is 4.18 Å². The minimum absolute atomic E-state index is 0.0830. The summed E-state index contributed by atoms with van der Waals surface area (Å²) in [7, 11) is -3.70. The van der Waals surface area contributed by atoms with Crippen LogP contribution in [0.4, 0.5) is 0 Å². The Labute approximate surface area is 169 Å². The summed E-state index contributed by atoms with van der Waals surface area (Å²) < 4.78 is 42.0. The molecule has 1 saturated carbocycles. The van der Waals surface area contributed by atoms with Gasteiger partial charge in [0.2, 0.25) is 0 Å². The fourth-order valence-corrected chi connectivity index (χ4v) is 5.19. The molecule has 0 radical (unpaired) electrons. The number of carbonyl (C=O) groups is 1. The first-order valence-corrected chi connectivity index (χ1v) is 11.1. The maximum atomic E-state index is 12.6. The molecule has 0 aromatic heterocycles. The highest BCUT2D eigenvalue weighted by Gasteiger charge is 2.48. The van der Waals surface area contributed by atoms with E-state index in [9.17, 15) is 13.2 Å². The SMILES string of the molecule is O=C(O)COc1cccc2c1OC1CCC(OS(=O)(=O)CCc3ccccc3)C21. The topological polar surface area (TPSA) is 99.1 Å². The Kier molecular flexibility index (Phi) is 5.47. The lowest BCUT2D eigenvalue weighted by atomic mass is 9.95. The number of rotatable bonds is 8. The first-order valence-electron chi connectivity index (χ1n) is 9.52. The van der Waals surface area contributed by atoms with Crippen molar-refractivity contribution in [3.05, 3.63) is 59.7 Å². The van der Waals surface area contributed by atoms with Gasteiger partial charge in [0, 0.05) is 5.56 Å². The highest BCUT2D eigenvalue weighted by atomic mass is 32.2. The number of para-hydroxylation sites is 1. The van der Waals surface area contributed by atoms with Crippen LogP contribution < -0.4 is 9.47 Å². The number of carboxylic acid groups (broad SMARTS) is 1. The van der Waals surface area contributed by atoms with Gasteiger partial charge in [0.15, 0.2) is 18.1 Å². The van der Waals surface area contributed by atoms with Crippen LogP contribution in [0.3, 0.4) is 0 Å². The van der Waals surface area contributed by atoms with Crippen LogP contribution in [0.2, 0.25) is 0 Å². The number of hydrogen-bond donors (Lipinski definition) is 1. The average Bonchev–Trinajstić information content (AvgIpc) is 3.25. The third-order valence-electron chi connectivity index (χ3n) is 5.28. The van der Waals surface area contributed by atoms with Gasteiger partial charge in [-0.25, -0.2) is 4.79 Å². The number of carboxylic acids is 1. The van der Waals surface area contributed by atoms with E-state index < -0.39 is 28.8 Å². The molecule has 8 heteroatoms. The molecule has 1 aliphatic heterocycles. The van der Waals surface area contributed by atoms with E-state index in [4.69, 9.17) is 18.8 Å². The molecule has 0 bridgehead atoms. The van der Waals surface area contributed by atoms with Gasteiger partial charge in [-0.05, 0) is 30.9 Å². The van der Waals surface area contributed by atoms with Gasteiger partial charge >= 0.3 is 5.97 Å². The predicted molar refractivity (Wildman–Crippen MR) is 105 cm³/mol. The lowest BCUT2D eigenvalue weighted by molar-refractivity contribution is -0.139. The van der Waals surface area contributed by atoms with Gasteiger partial charge in [0.05, 0.1) is 17.8 Å². The van der Waals surface area contributed by atoms with Crippen molar-refractivity contribution in [1.29, 1.82) is 0 Å². The summed E-state index contributed by atoms with van der Waals surface area (Å²) in [6.07, 6.45) is 0.936. The van der Waals surface area contributed by atoms with E-state index in [2.05, 4.69) is 0 Å². The Balaban J connectivity index is 1.47. The maximum Gasteiger partial charge on any atom is 0.341 e. The number of benzene rings is 2. The van der Waals surface area contributed by atoms with Crippen molar-refractivity contribution in [2.75, 3.05) is 12.4 Å². The van der Waals surface area contributed by atoms with E-state index in [1.54, 1.807) is 12.1 Å². The molecule has 2 aromatic carbocycles. The van der Waals surface area contributed by atoms with Crippen molar-refractivity contribution in [3.8, 4) is 11.5 Å². The quantitative estimate of drug-likeness (QED) is 0.658. The maximum absolute atomic E-state index is 12.6. The molecule has 4 rings (SSSR count). The van der Waals surface area contributed by atoms with Gasteiger partial charge < -0.3 is 14.6 Å². The molecule has 3 unspecified atom stereocenters. The second kappa shape index (κ2) is 8.04. The summed E-state index contributed by atoms with van der Waals surface area (Å²) in [6, 6.07) is 14.7. The van der Waals surface area contributed by atoms with Crippen LogP contribution in [-0.2, 0) is 25.5 Å². The van der Waals surface area contributed by atoms with E-state index in [0.29, 0.717) is 30.8 Å². The van der Waals surface area contributed by atoms with Crippen LogP contribution in [0.25, 0.3) is 0 Å². The summed E-state index contributed by atoms with van der Waals surface area (Å²) in [4.78, 5) is 10.8. The highest BCUT2D eigenvalue weighted by molar-refractivity contribution is 7.86. The van der Waals surface area contributed by atoms with Crippen LogP contribution in [0.5, 0.6) is 11.5 Å². The van der Waals surface area contributed by atoms with E-state index >= 15 is 0 Å². The molecule has 0 amide bonds. The van der Waals surface area contributed by atoms with Crippen molar-refractivity contribution in [1.82, 2.24) is 0 Å². The molecule has 2 aromatic rings. The molecule has 0 saturated heterocycles. The largest absolute Gasteiger partial charge is 0.485 e. The minimum atomic E-state index is -3.70. The predicted octanol–water partition coefficient (Wildman–Crippen LogP) is 2.75. The van der Waals surface area contributed by atoms with Crippen LogP contribution in [0.1, 0.15) is 29.9 Å². The summed E-state index contributed by atoms with van der Waals surface area (Å²) >= 11 is 0. The van der Waals surface area contributed by atoms with Crippen LogP contribution >= 0.6 is 0 Å². The fraction of sp³-hybridized carbons (Fsp3) is 0.381. The summed E-state index contributed by atoms with van der Waals surface area (Å²) in [6.45, 7) is -0.469. The molecule has 29 heavy (non-hydrogen) atoms. The molecular weight excluding hydrogens is 396 g/mol. The van der Waals surface area contributed by atoms with Gasteiger partial charge in [0.25, 0.3) is 10.1 Å². The average molecular weight is 418 g/mol. The Hall–Kier alpha value is -2.58. The second-order valence-corrected chi connectivity index (χ2v) is 8.96. The van der Waals surface area contributed by atoms with Crippen molar-refractivity contribution in [2.24, 2.45) is 0 Å². The van der Waals surface area contributed by atoms with E-state index in [1.165, 1.54) is 0 Å². The van der Waals surface area contributed by atoms with Gasteiger partial charge in [-0.1, -0.05) is 42.5 Å². The Morgan fingerprint density at radius 3 is 2.66 bits per heavy atom. The van der Waals surface area contributed by atoms with Crippen molar-refractivity contribution in [2.45, 2.75) is 37.4 Å². The van der Waals surface area contributed by atoms with E-state index in [1.807, 2.05) is 36.4 Å². The molecule has 1 aliphatic carbocycles. The van der Waals surface area contributed by atoms with Crippen LogP contribution in [0, 0.1) is 0 Å². The molecule has 0 spiro atoms. The lowest BCUT2D eigenvalue weighted by Crippen LogP contribution is -2.26. The zero-order valence-corrected chi connectivity index (χ0v) is 16.5. The number of aryl methyl sites for hydroxylation is 1. The Morgan fingerprint density at radius 2 is 1.90 bits per heavy atom.